The molecule has 1 aromatic heterocycles. The molecule has 0 saturated carbocycles. The summed E-state index contributed by atoms with van der Waals surface area (Å²) >= 11 is 0. The number of anilines is 2. The lowest BCUT2D eigenvalue weighted by Crippen LogP contribution is -2.48. The number of benzene rings is 1. The Hall–Kier alpha value is -2.89. The Labute approximate surface area is 160 Å². The number of rotatable bonds is 4. The van der Waals surface area contributed by atoms with Crippen molar-refractivity contribution in [2.24, 2.45) is 0 Å². The summed E-state index contributed by atoms with van der Waals surface area (Å²) < 4.78 is 0. The highest BCUT2D eigenvalue weighted by Crippen LogP contribution is 2.19. The van der Waals surface area contributed by atoms with Crippen LogP contribution in [-0.2, 0) is 4.79 Å². The van der Waals surface area contributed by atoms with Gasteiger partial charge in [-0.25, -0.2) is 4.98 Å². The molecule has 3 rings (SSSR count). The summed E-state index contributed by atoms with van der Waals surface area (Å²) in [5.74, 6) is 1.17. The highest BCUT2D eigenvalue weighted by molar-refractivity contribution is 6.04. The maximum Gasteiger partial charge on any atom is 0.255 e. The maximum atomic E-state index is 12.6. The number of piperazine rings is 1. The van der Waals surface area contributed by atoms with Gasteiger partial charge in [0, 0.05) is 50.6 Å². The van der Waals surface area contributed by atoms with Crippen LogP contribution < -0.4 is 10.2 Å². The van der Waals surface area contributed by atoms with Crippen LogP contribution in [0.15, 0.2) is 42.6 Å². The van der Waals surface area contributed by atoms with Gasteiger partial charge in [-0.2, -0.15) is 0 Å². The molecule has 0 unspecified atom stereocenters. The van der Waals surface area contributed by atoms with E-state index < -0.39 is 0 Å². The highest BCUT2D eigenvalue weighted by atomic mass is 16.2. The molecule has 2 heterocycles. The van der Waals surface area contributed by atoms with Gasteiger partial charge in [0.15, 0.2) is 0 Å². The Balaban J connectivity index is 1.66. The number of hydrogen-bond donors (Lipinski definition) is 1. The Bertz CT molecular complexity index is 809. The number of carbonyl (C=O) groups excluding carboxylic acids is 2. The second-order valence-electron chi connectivity index (χ2n) is 7.13. The molecule has 1 fully saturated rings. The number of hydrogen-bond acceptors (Lipinski definition) is 4. The monoisotopic (exact) mass is 366 g/mol. The zero-order valence-electron chi connectivity index (χ0n) is 16.1. The fourth-order valence-corrected chi connectivity index (χ4v) is 3.14. The quantitative estimate of drug-likeness (QED) is 0.903. The smallest absolute Gasteiger partial charge is 0.255 e. The van der Waals surface area contributed by atoms with E-state index in [2.05, 4.69) is 29.0 Å². The van der Waals surface area contributed by atoms with Crippen LogP contribution in [0.4, 0.5) is 11.5 Å². The van der Waals surface area contributed by atoms with Crippen molar-refractivity contribution in [3.8, 4) is 0 Å². The molecule has 1 N–H and O–H groups in total. The molecule has 0 radical (unpaired) electrons. The fourth-order valence-electron chi connectivity index (χ4n) is 3.14. The van der Waals surface area contributed by atoms with E-state index in [1.165, 1.54) is 5.56 Å². The van der Waals surface area contributed by atoms with Crippen molar-refractivity contribution in [2.45, 2.75) is 26.7 Å². The molecular formula is C21H26N4O2. The molecule has 1 aromatic carbocycles. The third-order valence-corrected chi connectivity index (χ3v) is 4.89. The van der Waals surface area contributed by atoms with Gasteiger partial charge < -0.3 is 15.1 Å². The van der Waals surface area contributed by atoms with Crippen molar-refractivity contribution in [2.75, 3.05) is 36.4 Å². The number of nitrogens with one attached hydrogen (secondary N) is 1. The lowest BCUT2D eigenvalue weighted by molar-refractivity contribution is -0.129. The van der Waals surface area contributed by atoms with Gasteiger partial charge in [-0.15, -0.1) is 0 Å². The van der Waals surface area contributed by atoms with Crippen molar-refractivity contribution in [1.29, 1.82) is 0 Å². The molecule has 0 bridgehead atoms. The zero-order chi connectivity index (χ0) is 19.4. The summed E-state index contributed by atoms with van der Waals surface area (Å²) in [7, 11) is 0. The van der Waals surface area contributed by atoms with Crippen LogP contribution in [-0.4, -0.2) is 47.9 Å². The Morgan fingerprint density at radius 1 is 1.04 bits per heavy atom. The average Bonchev–Trinajstić information content (AvgIpc) is 2.68. The Morgan fingerprint density at radius 2 is 1.70 bits per heavy atom. The van der Waals surface area contributed by atoms with Crippen LogP contribution >= 0.6 is 0 Å². The third kappa shape index (κ3) is 4.64. The topological polar surface area (TPSA) is 65.5 Å². The first kappa shape index (κ1) is 18.9. The number of nitrogens with zero attached hydrogens (tertiary/aromatic N) is 3. The number of amides is 2. The molecule has 1 saturated heterocycles. The van der Waals surface area contributed by atoms with Gasteiger partial charge in [0.25, 0.3) is 5.91 Å². The van der Waals surface area contributed by atoms with Gasteiger partial charge in [-0.05, 0) is 35.7 Å². The lowest BCUT2D eigenvalue weighted by Gasteiger charge is -2.35. The molecule has 2 aromatic rings. The molecule has 1 aliphatic rings. The summed E-state index contributed by atoms with van der Waals surface area (Å²) in [6.45, 7) is 8.66. The molecule has 0 atom stereocenters. The highest BCUT2D eigenvalue weighted by Gasteiger charge is 2.20. The van der Waals surface area contributed by atoms with E-state index in [9.17, 15) is 9.59 Å². The largest absolute Gasteiger partial charge is 0.353 e. The molecule has 142 valence electrons. The number of pyridine rings is 1. The van der Waals surface area contributed by atoms with Crippen LogP contribution in [0.1, 0.15) is 42.6 Å². The molecular weight excluding hydrogens is 340 g/mol. The van der Waals surface area contributed by atoms with E-state index in [0.29, 0.717) is 37.7 Å². The fraction of sp³-hybridized carbons (Fsp3) is 0.381. The van der Waals surface area contributed by atoms with Gasteiger partial charge in [0.1, 0.15) is 5.82 Å². The second-order valence-corrected chi connectivity index (χ2v) is 7.13. The lowest BCUT2D eigenvalue weighted by atomic mass is 10.0. The summed E-state index contributed by atoms with van der Waals surface area (Å²) in [6.07, 6.45) is 1.66. The molecule has 27 heavy (non-hydrogen) atoms. The minimum atomic E-state index is -0.154. The summed E-state index contributed by atoms with van der Waals surface area (Å²) in [4.78, 5) is 32.4. The van der Waals surface area contributed by atoms with Crippen LogP contribution in [0.5, 0.6) is 0 Å². The third-order valence-electron chi connectivity index (χ3n) is 4.89. The van der Waals surface area contributed by atoms with Crippen LogP contribution in [0.2, 0.25) is 0 Å². The second kappa shape index (κ2) is 8.20. The molecule has 0 spiro atoms. The average molecular weight is 366 g/mol. The standard InChI is InChI=1S/C21H26N4O2/c1-15(2)17-4-6-19(7-5-17)23-21(27)18-8-9-22-20(14-18)25-12-10-24(11-13-25)16(3)26/h4-9,14-15H,10-13H2,1-3H3,(H,23,27). The van der Waals surface area contributed by atoms with Crippen molar-refractivity contribution >= 4 is 23.3 Å². The van der Waals surface area contributed by atoms with Crippen LogP contribution in [0.3, 0.4) is 0 Å². The Kier molecular flexibility index (Phi) is 5.74. The maximum absolute atomic E-state index is 12.6. The van der Waals surface area contributed by atoms with Crippen LogP contribution in [0, 0.1) is 0 Å². The van der Waals surface area contributed by atoms with E-state index in [1.807, 2.05) is 29.2 Å². The van der Waals surface area contributed by atoms with Gasteiger partial charge in [0.05, 0.1) is 0 Å². The van der Waals surface area contributed by atoms with E-state index in [-0.39, 0.29) is 11.8 Å². The molecule has 6 heteroatoms. The first-order valence-corrected chi connectivity index (χ1v) is 9.32. The normalized spacial score (nSPS) is 14.4. The van der Waals surface area contributed by atoms with Crippen LogP contribution in [0.25, 0.3) is 0 Å². The number of aromatic nitrogens is 1. The van der Waals surface area contributed by atoms with Gasteiger partial charge in [-0.3, -0.25) is 9.59 Å². The van der Waals surface area contributed by atoms with E-state index in [1.54, 1.807) is 25.3 Å². The van der Waals surface area contributed by atoms with Crippen molar-refractivity contribution < 1.29 is 9.59 Å². The van der Waals surface area contributed by atoms with E-state index in [0.717, 1.165) is 11.5 Å². The summed E-state index contributed by atoms with van der Waals surface area (Å²) in [6, 6.07) is 11.4. The first-order chi connectivity index (χ1) is 12.9. The van der Waals surface area contributed by atoms with Crippen molar-refractivity contribution in [3.05, 3.63) is 53.7 Å². The van der Waals surface area contributed by atoms with E-state index in [4.69, 9.17) is 0 Å². The minimum absolute atomic E-state index is 0.0965. The van der Waals surface area contributed by atoms with Crippen molar-refractivity contribution in [3.63, 3.8) is 0 Å². The summed E-state index contributed by atoms with van der Waals surface area (Å²) in [5, 5.41) is 2.94. The minimum Gasteiger partial charge on any atom is -0.353 e. The first-order valence-electron chi connectivity index (χ1n) is 9.32. The molecule has 0 aliphatic carbocycles. The van der Waals surface area contributed by atoms with Gasteiger partial charge >= 0.3 is 0 Å². The zero-order valence-corrected chi connectivity index (χ0v) is 16.1. The SMILES string of the molecule is CC(=O)N1CCN(c2cc(C(=O)Nc3ccc(C(C)C)cc3)ccn2)CC1. The predicted molar refractivity (Wildman–Crippen MR) is 107 cm³/mol. The van der Waals surface area contributed by atoms with Crippen molar-refractivity contribution in [1.82, 2.24) is 9.88 Å². The van der Waals surface area contributed by atoms with Gasteiger partial charge in [0.2, 0.25) is 5.91 Å². The molecule has 1 aliphatic heterocycles. The summed E-state index contributed by atoms with van der Waals surface area (Å²) in [5.41, 5.74) is 2.59. The van der Waals surface area contributed by atoms with Gasteiger partial charge in [-0.1, -0.05) is 26.0 Å². The molecule has 2 amide bonds. The molecule has 6 nitrogen and oxygen atoms in total. The Morgan fingerprint density at radius 3 is 2.30 bits per heavy atom. The number of carbonyl (C=O) groups is 2. The van der Waals surface area contributed by atoms with E-state index >= 15 is 0 Å². The predicted octanol–water partition coefficient (Wildman–Crippen LogP) is 3.13.